The van der Waals surface area contributed by atoms with Crippen molar-refractivity contribution in [2.45, 2.75) is 18.8 Å². The number of alkyl halides is 1. The van der Waals surface area contributed by atoms with Gasteiger partial charge in [0.25, 0.3) is 0 Å². The van der Waals surface area contributed by atoms with E-state index in [9.17, 15) is 4.79 Å². The Labute approximate surface area is 105 Å². The summed E-state index contributed by atoms with van der Waals surface area (Å²) in [6, 6.07) is 0. The first-order chi connectivity index (χ1) is 8.31. The van der Waals surface area contributed by atoms with Crippen molar-refractivity contribution in [1.82, 2.24) is 14.5 Å². The van der Waals surface area contributed by atoms with Crippen molar-refractivity contribution in [3.63, 3.8) is 0 Å². The summed E-state index contributed by atoms with van der Waals surface area (Å²) in [6.07, 6.45) is 3.93. The van der Waals surface area contributed by atoms with Crippen LogP contribution in [0.4, 0.5) is 0 Å². The van der Waals surface area contributed by atoms with Crippen LogP contribution in [-0.4, -0.2) is 46.7 Å². The van der Waals surface area contributed by atoms with E-state index in [-0.39, 0.29) is 5.91 Å². The second-order valence-electron chi connectivity index (χ2n) is 3.96. The zero-order chi connectivity index (χ0) is 12.1. The van der Waals surface area contributed by atoms with Gasteiger partial charge in [-0.1, -0.05) is 0 Å². The quantitative estimate of drug-likeness (QED) is 0.752. The summed E-state index contributed by atoms with van der Waals surface area (Å²) in [7, 11) is 0. The molecule has 1 aliphatic heterocycles. The number of carbonyl (C=O) groups excluding carboxylic acids is 1. The standard InChI is InChI=1S/C11H16ClN3O2/c12-7-10-8-13-9-15(10)2-1-11(16)14-3-5-17-6-4-14/h8-9H,1-7H2. The van der Waals surface area contributed by atoms with Crippen molar-refractivity contribution in [2.24, 2.45) is 0 Å². The molecule has 1 aromatic heterocycles. The van der Waals surface area contributed by atoms with Crippen LogP contribution in [0, 0.1) is 0 Å². The van der Waals surface area contributed by atoms with Gasteiger partial charge in [0.15, 0.2) is 0 Å². The third-order valence-electron chi connectivity index (χ3n) is 2.87. The molecule has 0 spiro atoms. The van der Waals surface area contributed by atoms with E-state index >= 15 is 0 Å². The Kier molecular flexibility index (Phi) is 4.39. The second kappa shape index (κ2) is 6.02. The molecule has 2 heterocycles. The molecular weight excluding hydrogens is 242 g/mol. The van der Waals surface area contributed by atoms with Gasteiger partial charge in [-0.05, 0) is 0 Å². The number of hydrogen-bond acceptors (Lipinski definition) is 3. The Balaban J connectivity index is 1.83. The van der Waals surface area contributed by atoms with Crippen molar-refractivity contribution in [3.8, 4) is 0 Å². The summed E-state index contributed by atoms with van der Waals surface area (Å²) in [5, 5.41) is 0. The van der Waals surface area contributed by atoms with Crippen LogP contribution < -0.4 is 0 Å². The number of hydrogen-bond donors (Lipinski definition) is 0. The Morgan fingerprint density at radius 2 is 2.24 bits per heavy atom. The highest BCUT2D eigenvalue weighted by Crippen LogP contribution is 2.06. The van der Waals surface area contributed by atoms with Gasteiger partial charge < -0.3 is 14.2 Å². The largest absolute Gasteiger partial charge is 0.378 e. The number of ether oxygens (including phenoxy) is 1. The van der Waals surface area contributed by atoms with Crippen molar-refractivity contribution < 1.29 is 9.53 Å². The third-order valence-corrected chi connectivity index (χ3v) is 3.14. The lowest BCUT2D eigenvalue weighted by molar-refractivity contribution is -0.135. The summed E-state index contributed by atoms with van der Waals surface area (Å²) in [4.78, 5) is 17.8. The van der Waals surface area contributed by atoms with E-state index in [1.807, 2.05) is 9.47 Å². The topological polar surface area (TPSA) is 47.4 Å². The van der Waals surface area contributed by atoms with Gasteiger partial charge in [-0.25, -0.2) is 4.98 Å². The van der Waals surface area contributed by atoms with Crippen LogP contribution in [0.3, 0.4) is 0 Å². The number of amides is 1. The molecule has 0 aromatic carbocycles. The van der Waals surface area contributed by atoms with E-state index in [0.717, 1.165) is 5.69 Å². The molecule has 0 N–H and O–H groups in total. The minimum Gasteiger partial charge on any atom is -0.378 e. The van der Waals surface area contributed by atoms with Gasteiger partial charge in [-0.15, -0.1) is 11.6 Å². The number of carbonyl (C=O) groups is 1. The lowest BCUT2D eigenvalue weighted by atomic mass is 10.3. The molecule has 1 aromatic rings. The van der Waals surface area contributed by atoms with E-state index in [0.29, 0.717) is 45.1 Å². The van der Waals surface area contributed by atoms with Gasteiger partial charge in [-0.2, -0.15) is 0 Å². The van der Waals surface area contributed by atoms with Gasteiger partial charge >= 0.3 is 0 Å². The average molecular weight is 258 g/mol. The molecule has 1 aliphatic rings. The molecular formula is C11H16ClN3O2. The Morgan fingerprint density at radius 3 is 2.94 bits per heavy atom. The zero-order valence-corrected chi connectivity index (χ0v) is 10.4. The SMILES string of the molecule is O=C(CCn1cncc1CCl)N1CCOCC1. The van der Waals surface area contributed by atoms with Crippen LogP contribution in [0.1, 0.15) is 12.1 Å². The number of morpholine rings is 1. The van der Waals surface area contributed by atoms with Gasteiger partial charge in [0.05, 0.1) is 31.1 Å². The molecule has 0 radical (unpaired) electrons. The Bertz CT molecular complexity index is 375. The minimum absolute atomic E-state index is 0.169. The van der Waals surface area contributed by atoms with Gasteiger partial charge in [0, 0.05) is 32.3 Å². The van der Waals surface area contributed by atoms with E-state index in [2.05, 4.69) is 4.98 Å². The van der Waals surface area contributed by atoms with Crippen LogP contribution in [0.25, 0.3) is 0 Å². The first kappa shape index (κ1) is 12.4. The van der Waals surface area contributed by atoms with Crippen LogP contribution in [0.15, 0.2) is 12.5 Å². The molecule has 0 unspecified atom stereocenters. The van der Waals surface area contributed by atoms with Crippen LogP contribution in [-0.2, 0) is 22.0 Å². The van der Waals surface area contributed by atoms with Crippen LogP contribution >= 0.6 is 11.6 Å². The fourth-order valence-corrected chi connectivity index (χ4v) is 2.07. The van der Waals surface area contributed by atoms with Gasteiger partial charge in [0.1, 0.15) is 0 Å². The summed E-state index contributed by atoms with van der Waals surface area (Å²) >= 11 is 5.76. The average Bonchev–Trinajstić information content (AvgIpc) is 2.84. The summed E-state index contributed by atoms with van der Waals surface area (Å²) in [5.41, 5.74) is 0.946. The highest BCUT2D eigenvalue weighted by atomic mass is 35.5. The smallest absolute Gasteiger partial charge is 0.224 e. The summed E-state index contributed by atoms with van der Waals surface area (Å²) < 4.78 is 7.13. The normalized spacial score (nSPS) is 16.2. The van der Waals surface area contributed by atoms with E-state index in [1.165, 1.54) is 0 Å². The molecule has 1 amide bonds. The maximum atomic E-state index is 11.9. The zero-order valence-electron chi connectivity index (χ0n) is 9.64. The van der Waals surface area contributed by atoms with Gasteiger partial charge in [-0.3, -0.25) is 4.79 Å². The molecule has 5 nitrogen and oxygen atoms in total. The monoisotopic (exact) mass is 257 g/mol. The fraction of sp³-hybridized carbons (Fsp3) is 0.636. The maximum absolute atomic E-state index is 11.9. The number of halogens is 1. The molecule has 17 heavy (non-hydrogen) atoms. The van der Waals surface area contributed by atoms with Crippen LogP contribution in [0.5, 0.6) is 0 Å². The minimum atomic E-state index is 0.169. The molecule has 94 valence electrons. The number of rotatable bonds is 4. The van der Waals surface area contributed by atoms with Crippen molar-refractivity contribution in [3.05, 3.63) is 18.2 Å². The third kappa shape index (κ3) is 3.20. The van der Waals surface area contributed by atoms with Crippen molar-refractivity contribution in [1.29, 1.82) is 0 Å². The molecule has 2 rings (SSSR count). The number of aryl methyl sites for hydroxylation is 1. The van der Waals surface area contributed by atoms with Crippen molar-refractivity contribution >= 4 is 17.5 Å². The molecule has 6 heteroatoms. The highest BCUT2D eigenvalue weighted by Gasteiger charge is 2.16. The first-order valence-corrected chi connectivity index (χ1v) is 6.25. The molecule has 0 atom stereocenters. The maximum Gasteiger partial charge on any atom is 0.224 e. The molecule has 0 bridgehead atoms. The Hall–Kier alpha value is -1.07. The molecule has 1 fully saturated rings. The lowest BCUT2D eigenvalue weighted by Gasteiger charge is -2.27. The fourth-order valence-electron chi connectivity index (χ4n) is 1.85. The molecule has 1 saturated heterocycles. The summed E-state index contributed by atoms with van der Waals surface area (Å²) in [5.74, 6) is 0.591. The number of imidazole rings is 1. The first-order valence-electron chi connectivity index (χ1n) is 5.72. The van der Waals surface area contributed by atoms with E-state index < -0.39 is 0 Å². The van der Waals surface area contributed by atoms with Crippen LogP contribution in [0.2, 0.25) is 0 Å². The van der Waals surface area contributed by atoms with Crippen molar-refractivity contribution in [2.75, 3.05) is 26.3 Å². The second-order valence-corrected chi connectivity index (χ2v) is 4.22. The predicted molar refractivity (Wildman–Crippen MR) is 63.8 cm³/mol. The lowest BCUT2D eigenvalue weighted by Crippen LogP contribution is -2.41. The summed E-state index contributed by atoms with van der Waals surface area (Å²) in [6.45, 7) is 3.32. The van der Waals surface area contributed by atoms with Gasteiger partial charge in [0.2, 0.25) is 5.91 Å². The predicted octanol–water partition coefficient (Wildman–Crippen LogP) is 0.871. The van der Waals surface area contributed by atoms with E-state index in [4.69, 9.17) is 16.3 Å². The number of aromatic nitrogens is 2. The molecule has 0 aliphatic carbocycles. The molecule has 0 saturated carbocycles. The highest BCUT2D eigenvalue weighted by molar-refractivity contribution is 6.16. The Morgan fingerprint density at radius 1 is 1.47 bits per heavy atom. The number of nitrogens with zero attached hydrogens (tertiary/aromatic N) is 3. The van der Waals surface area contributed by atoms with E-state index in [1.54, 1.807) is 12.5 Å².